The first kappa shape index (κ1) is 16.6. The number of tetrazole rings is 1. The van der Waals surface area contributed by atoms with Crippen LogP contribution in [-0.2, 0) is 4.79 Å². The average molecular weight is 322 g/mol. The van der Waals surface area contributed by atoms with E-state index in [0.717, 1.165) is 29.7 Å². The molecule has 0 aliphatic rings. The van der Waals surface area contributed by atoms with Gasteiger partial charge >= 0.3 is 5.97 Å². The Hall–Kier alpha value is -1.76. The second-order valence-corrected chi connectivity index (χ2v) is 6.23. The molecule has 0 spiro atoms. The lowest BCUT2D eigenvalue weighted by Gasteiger charge is -2.16. The zero-order valence-electron chi connectivity index (χ0n) is 13.3. The van der Waals surface area contributed by atoms with Crippen LogP contribution < -0.4 is 4.84 Å². The number of unbranched alkanes of at least 4 members (excludes halogenated alkanes) is 1. The number of nitrogens with zero attached hydrogens (tertiary/aromatic N) is 4. The minimum absolute atomic E-state index is 0.443. The zero-order chi connectivity index (χ0) is 15.9. The minimum Gasteiger partial charge on any atom is -0.316 e. The van der Waals surface area contributed by atoms with Crippen LogP contribution in [0.4, 0.5) is 0 Å². The average Bonchev–Trinajstić information content (AvgIpc) is 3.11. The summed E-state index contributed by atoms with van der Waals surface area (Å²) >= 11 is 1.72. The van der Waals surface area contributed by atoms with Gasteiger partial charge in [-0.25, -0.2) is 4.79 Å². The largest absolute Gasteiger partial charge is 0.332 e. The molecule has 0 fully saturated rings. The van der Waals surface area contributed by atoms with E-state index in [1.54, 1.807) is 11.3 Å². The SMILES string of the molecule is CCCCC(CCC)c1sccc1-c1nnnn1OC(C)=O. The number of hydrogen-bond acceptors (Lipinski definition) is 6. The fraction of sp³-hybridized carbons (Fsp3) is 0.600. The number of aromatic nitrogens is 4. The molecule has 1 unspecified atom stereocenters. The Morgan fingerprint density at radius 1 is 1.36 bits per heavy atom. The Morgan fingerprint density at radius 2 is 2.18 bits per heavy atom. The van der Waals surface area contributed by atoms with Crippen LogP contribution in [0.25, 0.3) is 11.4 Å². The van der Waals surface area contributed by atoms with Crippen molar-refractivity contribution in [2.24, 2.45) is 0 Å². The smallest absolute Gasteiger partial charge is 0.316 e. The summed E-state index contributed by atoms with van der Waals surface area (Å²) in [5, 5.41) is 13.4. The zero-order valence-corrected chi connectivity index (χ0v) is 14.1. The summed E-state index contributed by atoms with van der Waals surface area (Å²) in [5.41, 5.74) is 0.964. The third-order valence-electron chi connectivity index (χ3n) is 3.51. The monoisotopic (exact) mass is 322 g/mol. The summed E-state index contributed by atoms with van der Waals surface area (Å²) in [7, 11) is 0. The Bertz CT molecular complexity index is 608. The molecule has 22 heavy (non-hydrogen) atoms. The predicted octanol–water partition coefficient (Wildman–Crippen LogP) is 3.45. The number of thiophene rings is 1. The number of hydrogen-bond donors (Lipinski definition) is 0. The number of rotatable bonds is 8. The molecule has 0 amide bonds. The first-order valence-electron chi connectivity index (χ1n) is 7.72. The van der Waals surface area contributed by atoms with E-state index in [-0.39, 0.29) is 0 Å². The lowest BCUT2D eigenvalue weighted by molar-refractivity contribution is -0.143. The molecule has 0 saturated carbocycles. The topological polar surface area (TPSA) is 69.9 Å². The van der Waals surface area contributed by atoms with Crippen LogP contribution in [0, 0.1) is 0 Å². The fourth-order valence-corrected chi connectivity index (χ4v) is 3.61. The Labute approximate surface area is 134 Å². The van der Waals surface area contributed by atoms with Crippen molar-refractivity contribution in [1.29, 1.82) is 0 Å². The van der Waals surface area contributed by atoms with Gasteiger partial charge in [0.15, 0.2) is 0 Å². The molecule has 1 atom stereocenters. The van der Waals surface area contributed by atoms with E-state index < -0.39 is 5.97 Å². The highest BCUT2D eigenvalue weighted by Crippen LogP contribution is 2.37. The highest BCUT2D eigenvalue weighted by Gasteiger charge is 2.22. The minimum atomic E-state index is -0.443. The van der Waals surface area contributed by atoms with Crippen molar-refractivity contribution in [1.82, 2.24) is 20.4 Å². The second-order valence-electron chi connectivity index (χ2n) is 5.28. The molecule has 0 N–H and O–H groups in total. The molecule has 0 saturated heterocycles. The van der Waals surface area contributed by atoms with Gasteiger partial charge in [0, 0.05) is 17.4 Å². The summed E-state index contributed by atoms with van der Waals surface area (Å²) in [6.45, 7) is 5.75. The van der Waals surface area contributed by atoms with Gasteiger partial charge in [0.25, 0.3) is 0 Å². The van der Waals surface area contributed by atoms with Crippen molar-refractivity contribution in [2.45, 2.75) is 58.8 Å². The van der Waals surface area contributed by atoms with E-state index in [9.17, 15) is 4.79 Å². The van der Waals surface area contributed by atoms with Gasteiger partial charge < -0.3 is 4.84 Å². The van der Waals surface area contributed by atoms with Crippen molar-refractivity contribution >= 4 is 17.3 Å². The van der Waals surface area contributed by atoms with E-state index in [1.807, 2.05) is 11.4 Å². The predicted molar refractivity (Wildman–Crippen MR) is 85.6 cm³/mol. The molecule has 2 aromatic rings. The van der Waals surface area contributed by atoms with Crippen LogP contribution >= 0.6 is 11.3 Å². The van der Waals surface area contributed by atoms with Crippen LogP contribution in [0.2, 0.25) is 0 Å². The van der Waals surface area contributed by atoms with Crippen LogP contribution in [0.1, 0.15) is 63.7 Å². The lowest BCUT2D eigenvalue weighted by atomic mass is 9.93. The van der Waals surface area contributed by atoms with Gasteiger partial charge in [-0.2, -0.15) is 0 Å². The van der Waals surface area contributed by atoms with Crippen molar-refractivity contribution in [3.63, 3.8) is 0 Å². The second kappa shape index (κ2) is 8.03. The van der Waals surface area contributed by atoms with E-state index in [4.69, 9.17) is 4.84 Å². The molecule has 6 nitrogen and oxygen atoms in total. The van der Waals surface area contributed by atoms with Gasteiger partial charge in [-0.3, -0.25) is 0 Å². The quantitative estimate of drug-likeness (QED) is 0.696. The van der Waals surface area contributed by atoms with Crippen LogP contribution in [-0.4, -0.2) is 26.3 Å². The van der Waals surface area contributed by atoms with E-state index in [1.165, 1.54) is 24.6 Å². The van der Waals surface area contributed by atoms with Gasteiger partial charge in [0.05, 0.1) is 0 Å². The Morgan fingerprint density at radius 3 is 2.86 bits per heavy atom. The number of carbonyl (C=O) groups is 1. The van der Waals surface area contributed by atoms with Crippen LogP contribution in [0.15, 0.2) is 11.4 Å². The molecule has 0 aliphatic carbocycles. The van der Waals surface area contributed by atoms with Crippen molar-refractivity contribution in [3.8, 4) is 11.4 Å². The lowest BCUT2D eigenvalue weighted by Crippen LogP contribution is -2.19. The highest BCUT2D eigenvalue weighted by molar-refractivity contribution is 7.10. The normalized spacial score (nSPS) is 12.3. The van der Waals surface area contributed by atoms with Gasteiger partial charge in [0.1, 0.15) is 0 Å². The maximum absolute atomic E-state index is 11.2. The van der Waals surface area contributed by atoms with Gasteiger partial charge in [0.2, 0.25) is 5.82 Å². The first-order valence-corrected chi connectivity index (χ1v) is 8.60. The van der Waals surface area contributed by atoms with E-state index in [2.05, 4.69) is 29.4 Å². The third kappa shape index (κ3) is 3.91. The molecule has 2 aromatic heterocycles. The van der Waals surface area contributed by atoms with Gasteiger partial charge in [-0.1, -0.05) is 33.1 Å². The van der Waals surface area contributed by atoms with Crippen LogP contribution in [0.3, 0.4) is 0 Å². The molecule has 0 aromatic carbocycles. The maximum atomic E-state index is 11.2. The number of carbonyl (C=O) groups excluding carboxylic acids is 1. The molecular formula is C15H22N4O2S. The Balaban J connectivity index is 2.31. The fourth-order valence-electron chi connectivity index (χ4n) is 2.55. The molecule has 0 bridgehead atoms. The molecule has 120 valence electrons. The Kier molecular flexibility index (Phi) is 6.06. The summed E-state index contributed by atoms with van der Waals surface area (Å²) in [5.74, 6) is 0.549. The van der Waals surface area contributed by atoms with E-state index >= 15 is 0 Å². The van der Waals surface area contributed by atoms with Crippen molar-refractivity contribution in [3.05, 3.63) is 16.3 Å². The third-order valence-corrected chi connectivity index (χ3v) is 4.59. The summed E-state index contributed by atoms with van der Waals surface area (Å²) in [6.07, 6.45) is 5.83. The standard InChI is InChI=1S/C15H22N4O2S/c1-4-6-8-12(7-5-2)14-13(9-10-22-14)15-16-17-18-19(15)21-11(3)20/h9-10,12H,4-8H2,1-3H3. The summed E-state index contributed by atoms with van der Waals surface area (Å²) in [6, 6.07) is 2.00. The molecule has 0 radical (unpaired) electrons. The van der Waals surface area contributed by atoms with Crippen molar-refractivity contribution < 1.29 is 9.63 Å². The molecule has 2 rings (SSSR count). The maximum Gasteiger partial charge on any atom is 0.332 e. The molecular weight excluding hydrogens is 300 g/mol. The molecule has 7 heteroatoms. The highest BCUT2D eigenvalue weighted by atomic mass is 32.1. The van der Waals surface area contributed by atoms with E-state index in [0.29, 0.717) is 11.7 Å². The van der Waals surface area contributed by atoms with Crippen molar-refractivity contribution in [2.75, 3.05) is 0 Å². The summed E-state index contributed by atoms with van der Waals surface area (Å²) < 4.78 is 0. The molecule has 0 aliphatic heterocycles. The van der Waals surface area contributed by atoms with Crippen LogP contribution in [0.5, 0.6) is 0 Å². The van der Waals surface area contributed by atoms with Gasteiger partial charge in [-0.05, 0) is 45.5 Å². The summed E-state index contributed by atoms with van der Waals surface area (Å²) in [4.78, 5) is 18.6. The van der Waals surface area contributed by atoms with Gasteiger partial charge in [-0.15, -0.1) is 16.4 Å². The first-order chi connectivity index (χ1) is 10.7. The molecule has 2 heterocycles.